The molecule has 1 atom stereocenters. The summed E-state index contributed by atoms with van der Waals surface area (Å²) in [6, 6.07) is 7.33. The average Bonchev–Trinajstić information content (AvgIpc) is 3.16. The van der Waals surface area contributed by atoms with Crippen molar-refractivity contribution < 1.29 is 40.8 Å². The Hall–Kier alpha value is -3.13. The molecule has 3 rings (SSSR count). The highest BCUT2D eigenvalue weighted by molar-refractivity contribution is 7.99. The number of alkyl halides is 3. The zero-order valence-corrected chi connectivity index (χ0v) is 19.8. The number of amides is 1. The van der Waals surface area contributed by atoms with E-state index in [4.69, 9.17) is 4.74 Å². The van der Waals surface area contributed by atoms with Gasteiger partial charge in [-0.1, -0.05) is 23.9 Å². The molecule has 1 heterocycles. The van der Waals surface area contributed by atoms with Crippen molar-refractivity contribution in [1.29, 1.82) is 0 Å². The van der Waals surface area contributed by atoms with Crippen LogP contribution in [-0.4, -0.2) is 61.3 Å². The second-order valence-corrected chi connectivity index (χ2v) is 11.0. The first-order chi connectivity index (χ1) is 16.3. The lowest BCUT2D eigenvalue weighted by Gasteiger charge is -2.23. The molecular weight excluding hydrogens is 513 g/mol. The Morgan fingerprint density at radius 1 is 1.20 bits per heavy atom. The summed E-state index contributed by atoms with van der Waals surface area (Å²) in [5.74, 6) is -1.74. The first kappa shape index (κ1) is 26.5. The summed E-state index contributed by atoms with van der Waals surface area (Å²) >= 11 is 0.706. The standard InChI is InChI=1S/C21H19F3N2O7S2/c1-25(14-8-9-35(31,32)12-14)19(27)11-33-20(28)15-4-2-3-5-17(15)34-18-7-6-13(21(22,23)24)10-16(18)26(29)30/h2-7,10,14H,8-9,11-12H2,1H3. The maximum Gasteiger partial charge on any atom is 0.416 e. The number of esters is 1. The van der Waals surface area contributed by atoms with E-state index in [1.54, 1.807) is 0 Å². The van der Waals surface area contributed by atoms with Crippen LogP contribution in [-0.2, 0) is 25.5 Å². The number of carbonyl (C=O) groups is 2. The van der Waals surface area contributed by atoms with Crippen molar-refractivity contribution in [2.75, 3.05) is 25.2 Å². The minimum Gasteiger partial charge on any atom is -0.452 e. The molecule has 0 spiro atoms. The first-order valence-corrected chi connectivity index (χ1v) is 12.7. The van der Waals surface area contributed by atoms with Gasteiger partial charge >= 0.3 is 12.1 Å². The lowest BCUT2D eigenvalue weighted by atomic mass is 10.2. The molecule has 0 N–H and O–H groups in total. The van der Waals surface area contributed by atoms with E-state index >= 15 is 0 Å². The zero-order valence-electron chi connectivity index (χ0n) is 18.1. The summed E-state index contributed by atoms with van der Waals surface area (Å²) in [6.45, 7) is -0.661. The van der Waals surface area contributed by atoms with Crippen molar-refractivity contribution in [2.45, 2.75) is 28.4 Å². The molecule has 0 radical (unpaired) electrons. The van der Waals surface area contributed by atoms with E-state index < -0.39 is 56.7 Å². The van der Waals surface area contributed by atoms with E-state index in [0.29, 0.717) is 23.9 Å². The number of hydrogen-bond donors (Lipinski definition) is 0. The fraction of sp³-hybridized carbons (Fsp3) is 0.333. The van der Waals surface area contributed by atoms with E-state index in [0.717, 1.165) is 6.07 Å². The smallest absolute Gasteiger partial charge is 0.416 e. The third-order valence-corrected chi connectivity index (χ3v) is 8.18. The number of nitro benzene ring substituents is 1. The number of benzene rings is 2. The van der Waals surface area contributed by atoms with Crippen molar-refractivity contribution in [3.8, 4) is 0 Å². The number of ether oxygens (including phenoxy) is 1. The second kappa shape index (κ2) is 10.2. The molecule has 0 aromatic heterocycles. The summed E-state index contributed by atoms with van der Waals surface area (Å²) < 4.78 is 67.2. The normalized spacial score (nSPS) is 17.1. The van der Waals surface area contributed by atoms with Gasteiger partial charge in [-0.2, -0.15) is 13.2 Å². The molecule has 1 amide bonds. The number of sulfone groups is 1. The number of carbonyl (C=O) groups excluding carboxylic acids is 2. The lowest BCUT2D eigenvalue weighted by Crippen LogP contribution is -2.40. The zero-order chi connectivity index (χ0) is 26.0. The van der Waals surface area contributed by atoms with Gasteiger partial charge in [0.15, 0.2) is 16.4 Å². The third-order valence-electron chi connectivity index (χ3n) is 5.29. The molecule has 2 aromatic carbocycles. The Labute approximate surface area is 202 Å². The van der Waals surface area contributed by atoms with Crippen LogP contribution in [0.25, 0.3) is 0 Å². The lowest BCUT2D eigenvalue weighted by molar-refractivity contribution is -0.388. The maximum absolute atomic E-state index is 13.0. The molecular formula is C21H19F3N2O7S2. The van der Waals surface area contributed by atoms with E-state index in [-0.39, 0.29) is 33.3 Å². The molecule has 1 saturated heterocycles. The summed E-state index contributed by atoms with van der Waals surface area (Å²) in [5, 5.41) is 11.4. The third kappa shape index (κ3) is 6.51. The van der Waals surface area contributed by atoms with Gasteiger partial charge in [-0.05, 0) is 30.7 Å². The topological polar surface area (TPSA) is 124 Å². The van der Waals surface area contributed by atoms with Crippen LogP contribution in [0.2, 0.25) is 0 Å². The van der Waals surface area contributed by atoms with Crippen LogP contribution in [0.1, 0.15) is 22.3 Å². The number of rotatable bonds is 7. The Kier molecular flexibility index (Phi) is 7.74. The molecule has 0 aliphatic carbocycles. The average molecular weight is 533 g/mol. The van der Waals surface area contributed by atoms with Crippen molar-refractivity contribution in [3.63, 3.8) is 0 Å². The van der Waals surface area contributed by atoms with Gasteiger partial charge in [0.05, 0.1) is 32.5 Å². The van der Waals surface area contributed by atoms with E-state index in [2.05, 4.69) is 0 Å². The Balaban J connectivity index is 1.74. The number of likely N-dealkylation sites (N-methyl/N-ethyl adjacent to an activating group) is 1. The van der Waals surface area contributed by atoms with Crippen molar-refractivity contribution in [3.05, 3.63) is 63.7 Å². The molecule has 1 aliphatic heterocycles. The van der Waals surface area contributed by atoms with Crippen LogP contribution in [0.15, 0.2) is 52.3 Å². The van der Waals surface area contributed by atoms with E-state index in [1.165, 1.54) is 36.2 Å². The summed E-state index contributed by atoms with van der Waals surface area (Å²) in [5.41, 5.74) is -2.01. The number of hydrogen-bond acceptors (Lipinski definition) is 8. The van der Waals surface area contributed by atoms with Crippen LogP contribution in [0.5, 0.6) is 0 Å². The predicted molar refractivity (Wildman–Crippen MR) is 119 cm³/mol. The summed E-state index contributed by atoms with van der Waals surface area (Å²) in [6.07, 6.45) is -4.48. The summed E-state index contributed by atoms with van der Waals surface area (Å²) in [7, 11) is -1.81. The Morgan fingerprint density at radius 2 is 1.89 bits per heavy atom. The fourth-order valence-electron chi connectivity index (χ4n) is 3.36. The number of halogens is 3. The SMILES string of the molecule is CN(C(=O)COC(=O)c1ccccc1Sc1ccc(C(F)(F)F)cc1[N+](=O)[O-])C1CCS(=O)(=O)C1. The fourth-order valence-corrected chi connectivity index (χ4v) is 6.15. The molecule has 2 aromatic rings. The molecule has 14 heteroatoms. The van der Waals surface area contributed by atoms with Crippen molar-refractivity contribution in [1.82, 2.24) is 4.90 Å². The van der Waals surface area contributed by atoms with Crippen molar-refractivity contribution >= 4 is 39.2 Å². The van der Waals surface area contributed by atoms with Gasteiger partial charge in [0.2, 0.25) is 0 Å². The quantitative estimate of drug-likeness (QED) is 0.301. The van der Waals surface area contributed by atoms with E-state index in [1.807, 2.05) is 0 Å². The molecule has 35 heavy (non-hydrogen) atoms. The number of nitrogens with zero attached hydrogens (tertiary/aromatic N) is 2. The minimum absolute atomic E-state index is 0.0320. The van der Waals surface area contributed by atoms with Crippen LogP contribution >= 0.6 is 11.8 Å². The molecule has 0 bridgehead atoms. The van der Waals surface area contributed by atoms with Gasteiger partial charge in [0, 0.05) is 24.1 Å². The number of nitro groups is 1. The highest BCUT2D eigenvalue weighted by Crippen LogP contribution is 2.40. The van der Waals surface area contributed by atoms with Gasteiger partial charge in [-0.25, -0.2) is 13.2 Å². The molecule has 1 aliphatic rings. The molecule has 9 nitrogen and oxygen atoms in total. The van der Waals surface area contributed by atoms with Gasteiger partial charge in [-0.3, -0.25) is 14.9 Å². The Morgan fingerprint density at radius 3 is 2.49 bits per heavy atom. The molecule has 188 valence electrons. The second-order valence-electron chi connectivity index (χ2n) is 7.67. The van der Waals surface area contributed by atoms with Crippen LogP contribution < -0.4 is 0 Å². The summed E-state index contributed by atoms with van der Waals surface area (Å²) in [4.78, 5) is 36.7. The minimum atomic E-state index is -4.77. The monoisotopic (exact) mass is 532 g/mol. The maximum atomic E-state index is 13.0. The van der Waals surface area contributed by atoms with Crippen LogP contribution in [0.4, 0.5) is 18.9 Å². The first-order valence-electron chi connectivity index (χ1n) is 10.0. The van der Waals surface area contributed by atoms with Crippen molar-refractivity contribution in [2.24, 2.45) is 0 Å². The largest absolute Gasteiger partial charge is 0.452 e. The highest BCUT2D eigenvalue weighted by atomic mass is 32.2. The van der Waals surface area contributed by atoms with Gasteiger partial charge < -0.3 is 9.64 Å². The van der Waals surface area contributed by atoms with Gasteiger partial charge in [-0.15, -0.1) is 0 Å². The highest BCUT2D eigenvalue weighted by Gasteiger charge is 2.34. The van der Waals surface area contributed by atoms with Crippen LogP contribution in [0, 0.1) is 10.1 Å². The Bertz CT molecular complexity index is 1270. The van der Waals surface area contributed by atoms with Gasteiger partial charge in [0.1, 0.15) is 0 Å². The predicted octanol–water partition coefficient (Wildman–Crippen LogP) is 3.57. The molecule has 1 fully saturated rings. The van der Waals surface area contributed by atoms with Crippen LogP contribution in [0.3, 0.4) is 0 Å². The molecule has 0 saturated carbocycles. The molecule has 1 unspecified atom stereocenters. The van der Waals surface area contributed by atoms with E-state index in [9.17, 15) is 41.3 Å². The van der Waals surface area contributed by atoms with Gasteiger partial charge in [0.25, 0.3) is 11.6 Å².